The lowest BCUT2D eigenvalue weighted by molar-refractivity contribution is -0.137. The van der Waals surface area contributed by atoms with Crippen molar-refractivity contribution in [1.29, 1.82) is 0 Å². The molecule has 0 aliphatic carbocycles. The molecular formula is C10H15N3O4S. The number of nitrogens with zero attached hydrogens (tertiary/aromatic N) is 3. The van der Waals surface area contributed by atoms with Gasteiger partial charge in [0, 0.05) is 14.1 Å². The molecule has 0 aliphatic heterocycles. The number of aryl methyl sites for hydroxylation is 1. The lowest BCUT2D eigenvalue weighted by atomic mass is 10.1. The van der Waals surface area contributed by atoms with E-state index in [1.165, 1.54) is 14.1 Å². The molecule has 0 spiro atoms. The van der Waals surface area contributed by atoms with E-state index < -0.39 is 22.5 Å². The van der Waals surface area contributed by atoms with Crippen LogP contribution < -0.4 is 11.2 Å². The summed E-state index contributed by atoms with van der Waals surface area (Å²) in [7, 11) is 2.75. The lowest BCUT2D eigenvalue weighted by Gasteiger charge is -2.15. The average molecular weight is 273 g/mol. The van der Waals surface area contributed by atoms with Gasteiger partial charge in [-0.25, -0.2) is 9.48 Å². The van der Waals surface area contributed by atoms with Crippen LogP contribution in [0, 0.1) is 5.92 Å². The molecule has 0 amide bonds. The van der Waals surface area contributed by atoms with Gasteiger partial charge in [-0.05, 0) is 5.92 Å². The highest BCUT2D eigenvalue weighted by atomic mass is 32.2. The molecule has 0 radical (unpaired) electrons. The number of carboxylic acid groups (broad SMARTS) is 1. The molecule has 1 unspecified atom stereocenters. The number of hydrogen-bond donors (Lipinski definition) is 1. The Morgan fingerprint density at radius 3 is 2.33 bits per heavy atom. The Labute approximate surface area is 107 Å². The minimum atomic E-state index is -1.01. The SMILES string of the molecule is CC(C)C(Sc1nn(C)c(=O)n(C)c1=O)C(=O)O. The van der Waals surface area contributed by atoms with E-state index in [9.17, 15) is 14.4 Å². The van der Waals surface area contributed by atoms with Gasteiger partial charge in [0.2, 0.25) is 0 Å². The number of thioether (sulfide) groups is 1. The van der Waals surface area contributed by atoms with Crippen molar-refractivity contribution < 1.29 is 9.90 Å². The van der Waals surface area contributed by atoms with E-state index in [4.69, 9.17) is 5.11 Å². The summed E-state index contributed by atoms with van der Waals surface area (Å²) in [5.74, 6) is -1.16. The molecule has 0 bridgehead atoms. The molecule has 8 heteroatoms. The Bertz CT molecular complexity index is 575. The number of carbonyl (C=O) groups is 1. The Morgan fingerprint density at radius 1 is 1.33 bits per heavy atom. The third-order valence-corrected chi connectivity index (χ3v) is 3.86. The molecule has 1 atom stereocenters. The van der Waals surface area contributed by atoms with Crippen molar-refractivity contribution in [2.75, 3.05) is 0 Å². The Kier molecular flexibility index (Phi) is 4.33. The van der Waals surface area contributed by atoms with Gasteiger partial charge in [0.05, 0.1) is 0 Å². The number of rotatable bonds is 4. The molecule has 1 rings (SSSR count). The van der Waals surface area contributed by atoms with Gasteiger partial charge >= 0.3 is 11.7 Å². The van der Waals surface area contributed by atoms with Crippen LogP contribution in [0.25, 0.3) is 0 Å². The van der Waals surface area contributed by atoms with Crippen LogP contribution in [0.3, 0.4) is 0 Å². The molecule has 0 aromatic carbocycles. The second-order valence-corrected chi connectivity index (χ2v) is 5.33. The molecule has 0 saturated carbocycles. The summed E-state index contributed by atoms with van der Waals surface area (Å²) < 4.78 is 1.93. The van der Waals surface area contributed by atoms with Gasteiger partial charge < -0.3 is 5.11 Å². The largest absolute Gasteiger partial charge is 0.480 e. The highest BCUT2D eigenvalue weighted by Crippen LogP contribution is 2.24. The molecule has 0 aliphatic rings. The van der Waals surface area contributed by atoms with Gasteiger partial charge in [-0.1, -0.05) is 25.6 Å². The first-order valence-corrected chi connectivity index (χ1v) is 6.17. The first-order valence-electron chi connectivity index (χ1n) is 5.29. The third-order valence-electron chi connectivity index (χ3n) is 2.38. The Morgan fingerprint density at radius 2 is 1.89 bits per heavy atom. The van der Waals surface area contributed by atoms with E-state index in [1.807, 2.05) is 0 Å². The molecule has 18 heavy (non-hydrogen) atoms. The predicted molar refractivity (Wildman–Crippen MR) is 66.8 cm³/mol. The summed E-state index contributed by atoms with van der Waals surface area (Å²) >= 11 is 0.865. The van der Waals surface area contributed by atoms with Crippen LogP contribution in [0.5, 0.6) is 0 Å². The van der Waals surface area contributed by atoms with E-state index in [-0.39, 0.29) is 10.9 Å². The minimum absolute atomic E-state index is 0.0145. The molecule has 0 fully saturated rings. The normalized spacial score (nSPS) is 12.7. The molecule has 1 N–H and O–H groups in total. The standard InChI is InChI=1S/C10H15N3O4S/c1-5(2)6(9(15)16)18-7-8(14)12(3)10(17)13(4)11-7/h5-6H,1-4H3,(H,15,16). The lowest BCUT2D eigenvalue weighted by Crippen LogP contribution is -2.40. The van der Waals surface area contributed by atoms with Gasteiger partial charge in [0.1, 0.15) is 5.25 Å². The highest BCUT2D eigenvalue weighted by Gasteiger charge is 2.25. The molecule has 1 heterocycles. The fraction of sp³-hybridized carbons (Fsp3) is 0.600. The predicted octanol–water partition coefficient (Wildman–Crippen LogP) is -0.320. The fourth-order valence-electron chi connectivity index (χ4n) is 1.34. The molecule has 100 valence electrons. The number of aliphatic carboxylic acids is 1. The number of carboxylic acids is 1. The van der Waals surface area contributed by atoms with Crippen LogP contribution in [0.2, 0.25) is 0 Å². The summed E-state index contributed by atoms with van der Waals surface area (Å²) in [4.78, 5) is 34.3. The maximum atomic E-state index is 11.8. The first-order chi connectivity index (χ1) is 8.25. The van der Waals surface area contributed by atoms with Crippen molar-refractivity contribution in [3.8, 4) is 0 Å². The number of aromatic nitrogens is 3. The van der Waals surface area contributed by atoms with Crippen molar-refractivity contribution in [2.45, 2.75) is 24.1 Å². The van der Waals surface area contributed by atoms with Crippen molar-refractivity contribution in [1.82, 2.24) is 14.3 Å². The summed E-state index contributed by atoms with van der Waals surface area (Å²) in [5.41, 5.74) is -1.12. The molecule has 7 nitrogen and oxygen atoms in total. The smallest absolute Gasteiger partial charge is 0.346 e. The third kappa shape index (κ3) is 2.81. The quantitative estimate of drug-likeness (QED) is 0.756. The van der Waals surface area contributed by atoms with Crippen LogP contribution in [-0.4, -0.2) is 30.7 Å². The van der Waals surface area contributed by atoms with Crippen LogP contribution in [0.15, 0.2) is 14.6 Å². The van der Waals surface area contributed by atoms with Gasteiger partial charge in [0.25, 0.3) is 5.56 Å². The maximum Gasteiger partial charge on any atom is 0.346 e. The monoisotopic (exact) mass is 273 g/mol. The van der Waals surface area contributed by atoms with Gasteiger partial charge in [-0.15, -0.1) is 0 Å². The second-order valence-electron chi connectivity index (χ2n) is 4.20. The minimum Gasteiger partial charge on any atom is -0.480 e. The van der Waals surface area contributed by atoms with Crippen molar-refractivity contribution in [3.05, 3.63) is 20.8 Å². The highest BCUT2D eigenvalue weighted by molar-refractivity contribution is 8.00. The zero-order valence-electron chi connectivity index (χ0n) is 10.6. The van der Waals surface area contributed by atoms with Crippen molar-refractivity contribution in [2.24, 2.45) is 20.0 Å². The van der Waals surface area contributed by atoms with Crippen LogP contribution in [0.4, 0.5) is 0 Å². The summed E-state index contributed by atoms with van der Waals surface area (Å²) in [6.07, 6.45) is 0. The zero-order valence-corrected chi connectivity index (χ0v) is 11.4. The van der Waals surface area contributed by atoms with Crippen molar-refractivity contribution >= 4 is 17.7 Å². The zero-order chi connectivity index (χ0) is 14.0. The van der Waals surface area contributed by atoms with Gasteiger partial charge in [-0.3, -0.25) is 14.2 Å². The van der Waals surface area contributed by atoms with E-state index in [0.29, 0.717) is 0 Å². The van der Waals surface area contributed by atoms with E-state index >= 15 is 0 Å². The molecule has 1 aromatic heterocycles. The van der Waals surface area contributed by atoms with Crippen LogP contribution in [0.1, 0.15) is 13.8 Å². The van der Waals surface area contributed by atoms with Crippen LogP contribution >= 0.6 is 11.8 Å². The molecule has 1 aromatic rings. The fourth-order valence-corrected chi connectivity index (χ4v) is 2.36. The Balaban J connectivity index is 3.24. The first kappa shape index (κ1) is 14.5. The maximum absolute atomic E-state index is 11.8. The number of hydrogen-bond acceptors (Lipinski definition) is 5. The Hall–Kier alpha value is -1.57. The van der Waals surface area contributed by atoms with Crippen molar-refractivity contribution in [3.63, 3.8) is 0 Å². The summed E-state index contributed by atoms with van der Waals surface area (Å²) in [6, 6.07) is 0. The average Bonchev–Trinajstić information content (AvgIpc) is 2.28. The molecule has 0 saturated heterocycles. The summed E-state index contributed by atoms with van der Waals surface area (Å²) in [5, 5.41) is 12.1. The van der Waals surface area contributed by atoms with Crippen LogP contribution in [-0.2, 0) is 18.9 Å². The topological polar surface area (TPSA) is 94.2 Å². The van der Waals surface area contributed by atoms with E-state index in [2.05, 4.69) is 5.10 Å². The van der Waals surface area contributed by atoms with E-state index in [1.54, 1.807) is 13.8 Å². The van der Waals surface area contributed by atoms with E-state index in [0.717, 1.165) is 21.0 Å². The second kappa shape index (κ2) is 5.38. The summed E-state index contributed by atoms with van der Waals surface area (Å²) in [6.45, 7) is 3.50. The van der Waals surface area contributed by atoms with Gasteiger partial charge in [0.15, 0.2) is 5.03 Å². The molecular weight excluding hydrogens is 258 g/mol. The van der Waals surface area contributed by atoms with Gasteiger partial charge in [-0.2, -0.15) is 5.10 Å².